The maximum atomic E-state index is 13.4. The minimum absolute atomic E-state index is 0.370. The van der Waals surface area contributed by atoms with Crippen LogP contribution in [0.2, 0.25) is 0 Å². The molecule has 1 atom stereocenters. The van der Waals surface area contributed by atoms with Crippen LogP contribution in [0.25, 0.3) is 0 Å². The molecule has 2 aromatic carbocycles. The fourth-order valence-corrected chi connectivity index (χ4v) is 3.79. The number of anilines is 1. The van der Waals surface area contributed by atoms with Gasteiger partial charge in [-0.2, -0.15) is 0 Å². The second kappa shape index (κ2) is 8.65. The Hall–Kier alpha value is -3.22. The molecule has 0 bridgehead atoms. The van der Waals surface area contributed by atoms with Crippen LogP contribution in [-0.2, 0) is 15.1 Å². The zero-order valence-corrected chi connectivity index (χ0v) is 17.4. The summed E-state index contributed by atoms with van der Waals surface area (Å²) in [5.74, 6) is -1.38. The number of carbonyl (C=O) groups excluding carboxylic acids is 3. The Morgan fingerprint density at radius 1 is 1.10 bits per heavy atom. The van der Waals surface area contributed by atoms with Crippen LogP contribution in [0.3, 0.4) is 0 Å². The van der Waals surface area contributed by atoms with Crippen LogP contribution < -0.4 is 10.6 Å². The van der Waals surface area contributed by atoms with E-state index in [-0.39, 0.29) is 0 Å². The van der Waals surface area contributed by atoms with Crippen LogP contribution in [0, 0.1) is 19.7 Å². The van der Waals surface area contributed by atoms with Gasteiger partial charge in [0.2, 0.25) is 5.91 Å². The average Bonchev–Trinajstić information content (AvgIpc) is 2.95. The molecule has 2 aromatic rings. The van der Waals surface area contributed by atoms with Gasteiger partial charge in [0.25, 0.3) is 5.91 Å². The first-order chi connectivity index (χ1) is 14.3. The largest absolute Gasteiger partial charge is 0.325 e. The van der Waals surface area contributed by atoms with Gasteiger partial charge < -0.3 is 10.6 Å². The predicted octanol–water partition coefficient (Wildman–Crippen LogP) is 4.02. The molecule has 0 unspecified atom stereocenters. The molecule has 0 saturated carbocycles. The number of imide groups is 1. The lowest BCUT2D eigenvalue weighted by Crippen LogP contribution is -2.44. The number of amides is 4. The van der Waals surface area contributed by atoms with Crippen LogP contribution in [0.4, 0.5) is 14.9 Å². The normalized spacial score (nSPS) is 18.5. The fourth-order valence-electron chi connectivity index (χ4n) is 3.79. The van der Waals surface area contributed by atoms with E-state index < -0.39 is 35.7 Å². The van der Waals surface area contributed by atoms with Crippen molar-refractivity contribution in [3.63, 3.8) is 0 Å². The van der Waals surface area contributed by atoms with Gasteiger partial charge in [0.05, 0.1) is 0 Å². The second-order valence-electron chi connectivity index (χ2n) is 7.65. The van der Waals surface area contributed by atoms with Crippen molar-refractivity contribution < 1.29 is 18.8 Å². The maximum absolute atomic E-state index is 13.4. The first-order valence-corrected chi connectivity index (χ1v) is 10.0. The summed E-state index contributed by atoms with van der Waals surface area (Å²) >= 11 is 0. The number of carbonyl (C=O) groups is 3. The smallest absolute Gasteiger partial charge is 0.324 e. The van der Waals surface area contributed by atoms with E-state index >= 15 is 0 Å². The zero-order chi connectivity index (χ0) is 21.9. The number of para-hydroxylation sites is 1. The minimum Gasteiger partial charge on any atom is -0.324 e. The Labute approximate surface area is 175 Å². The van der Waals surface area contributed by atoms with Gasteiger partial charge in [-0.15, -0.1) is 0 Å². The number of halogens is 1. The molecule has 0 aliphatic carbocycles. The molecule has 4 amide bonds. The lowest BCUT2D eigenvalue weighted by atomic mass is 9.85. The molecule has 30 heavy (non-hydrogen) atoms. The highest BCUT2D eigenvalue weighted by atomic mass is 19.1. The Bertz CT molecular complexity index is 954. The summed E-state index contributed by atoms with van der Waals surface area (Å²) in [5, 5.41) is 5.57. The van der Waals surface area contributed by atoms with Gasteiger partial charge in [-0.05, 0) is 49.1 Å². The molecule has 2 N–H and O–H groups in total. The van der Waals surface area contributed by atoms with E-state index in [2.05, 4.69) is 10.6 Å². The highest BCUT2D eigenvalue weighted by Crippen LogP contribution is 2.34. The van der Waals surface area contributed by atoms with Crippen molar-refractivity contribution >= 4 is 23.5 Å². The number of nitrogens with zero attached hydrogens (tertiary/aromatic N) is 1. The van der Waals surface area contributed by atoms with Crippen molar-refractivity contribution in [3.8, 4) is 0 Å². The van der Waals surface area contributed by atoms with Crippen molar-refractivity contribution in [3.05, 3.63) is 65.0 Å². The lowest BCUT2D eigenvalue weighted by Gasteiger charge is -2.27. The van der Waals surface area contributed by atoms with Gasteiger partial charge in [-0.1, -0.05) is 50.1 Å². The van der Waals surface area contributed by atoms with Crippen molar-refractivity contribution in [2.75, 3.05) is 11.9 Å². The highest BCUT2D eigenvalue weighted by molar-refractivity contribution is 6.10. The van der Waals surface area contributed by atoms with Gasteiger partial charge in [-0.25, -0.2) is 9.18 Å². The quantitative estimate of drug-likeness (QED) is 0.676. The summed E-state index contributed by atoms with van der Waals surface area (Å²) in [6, 6.07) is 10.5. The minimum atomic E-state index is -1.29. The van der Waals surface area contributed by atoms with Gasteiger partial charge in [-0.3, -0.25) is 14.5 Å². The summed E-state index contributed by atoms with van der Waals surface area (Å²) in [5.41, 5.74) is 1.67. The first kappa shape index (κ1) is 21.5. The Morgan fingerprint density at radius 3 is 2.33 bits per heavy atom. The number of hydrogen-bond donors (Lipinski definition) is 2. The average molecular weight is 411 g/mol. The number of rotatable bonds is 7. The number of benzene rings is 2. The topological polar surface area (TPSA) is 78.5 Å². The Morgan fingerprint density at radius 2 is 1.73 bits per heavy atom. The molecule has 1 aliphatic rings. The molecule has 7 heteroatoms. The molecule has 1 heterocycles. The molecule has 1 aliphatic heterocycles. The van der Waals surface area contributed by atoms with E-state index in [4.69, 9.17) is 0 Å². The Balaban J connectivity index is 1.84. The van der Waals surface area contributed by atoms with Crippen LogP contribution in [0.15, 0.2) is 42.5 Å². The molecule has 6 nitrogen and oxygen atoms in total. The van der Waals surface area contributed by atoms with Crippen LogP contribution in [-0.4, -0.2) is 29.3 Å². The van der Waals surface area contributed by atoms with Crippen molar-refractivity contribution in [1.29, 1.82) is 0 Å². The molecular weight excluding hydrogens is 385 g/mol. The van der Waals surface area contributed by atoms with E-state index in [1.165, 1.54) is 24.3 Å². The van der Waals surface area contributed by atoms with Gasteiger partial charge >= 0.3 is 6.03 Å². The summed E-state index contributed by atoms with van der Waals surface area (Å²) in [7, 11) is 0. The summed E-state index contributed by atoms with van der Waals surface area (Å²) in [6.07, 6.45) is 1.87. The van der Waals surface area contributed by atoms with E-state index in [1.54, 1.807) is 0 Å². The number of nitrogens with one attached hydrogen (secondary N) is 2. The van der Waals surface area contributed by atoms with Crippen LogP contribution >= 0.6 is 0 Å². The van der Waals surface area contributed by atoms with E-state index in [0.717, 1.165) is 22.4 Å². The van der Waals surface area contributed by atoms with Crippen molar-refractivity contribution in [2.24, 2.45) is 0 Å². The molecule has 0 spiro atoms. The molecule has 1 saturated heterocycles. The summed E-state index contributed by atoms with van der Waals surface area (Å²) in [4.78, 5) is 39.6. The van der Waals surface area contributed by atoms with Gasteiger partial charge in [0.1, 0.15) is 17.9 Å². The number of aryl methyl sites for hydroxylation is 2. The van der Waals surface area contributed by atoms with Gasteiger partial charge in [0, 0.05) is 5.69 Å². The van der Waals surface area contributed by atoms with E-state index in [1.807, 2.05) is 39.0 Å². The molecule has 1 fully saturated rings. The summed E-state index contributed by atoms with van der Waals surface area (Å²) in [6.45, 7) is 5.34. The monoisotopic (exact) mass is 411 g/mol. The molecular formula is C23H26FN3O3. The van der Waals surface area contributed by atoms with Crippen molar-refractivity contribution in [2.45, 2.75) is 45.6 Å². The molecule has 0 radical (unpaired) electrons. The van der Waals surface area contributed by atoms with Crippen LogP contribution in [0.5, 0.6) is 0 Å². The third-order valence-electron chi connectivity index (χ3n) is 5.47. The number of urea groups is 1. The van der Waals surface area contributed by atoms with Crippen molar-refractivity contribution in [1.82, 2.24) is 10.2 Å². The SMILES string of the molecule is CCCC[C@]1(c2ccc(F)cc2)NC(=O)N(CC(=O)Nc2c(C)cccc2C)C1=O. The maximum Gasteiger partial charge on any atom is 0.325 e. The molecule has 0 aromatic heterocycles. The fraction of sp³-hybridized carbons (Fsp3) is 0.348. The summed E-state index contributed by atoms with van der Waals surface area (Å²) < 4.78 is 13.4. The van der Waals surface area contributed by atoms with E-state index in [0.29, 0.717) is 24.1 Å². The number of unbranched alkanes of at least 4 members (excludes halogenated alkanes) is 1. The van der Waals surface area contributed by atoms with E-state index in [9.17, 15) is 18.8 Å². The molecule has 158 valence electrons. The third kappa shape index (κ3) is 4.06. The third-order valence-corrected chi connectivity index (χ3v) is 5.47. The van der Waals surface area contributed by atoms with Crippen LogP contribution in [0.1, 0.15) is 42.9 Å². The zero-order valence-electron chi connectivity index (χ0n) is 17.4. The standard InChI is InChI=1S/C23H26FN3O3/c1-4-5-13-23(17-9-11-18(24)12-10-17)21(29)27(22(30)26-23)14-19(28)25-20-15(2)7-6-8-16(20)3/h6-12H,4-5,13-14H2,1-3H3,(H,25,28)(H,26,30)/t23-/m1/s1. The lowest BCUT2D eigenvalue weighted by molar-refractivity contribution is -0.134. The van der Waals surface area contributed by atoms with Gasteiger partial charge in [0.15, 0.2) is 0 Å². The highest BCUT2D eigenvalue weighted by Gasteiger charge is 2.52. The first-order valence-electron chi connectivity index (χ1n) is 10.0. The Kier molecular flexibility index (Phi) is 6.20. The number of hydrogen-bond acceptors (Lipinski definition) is 3. The molecule has 3 rings (SSSR count). The predicted molar refractivity (Wildman–Crippen MR) is 112 cm³/mol. The second-order valence-corrected chi connectivity index (χ2v) is 7.65.